The number of hydrogen-bond donors (Lipinski definition) is 1. The van der Waals surface area contributed by atoms with Crippen molar-refractivity contribution in [2.75, 3.05) is 13.1 Å². The van der Waals surface area contributed by atoms with Crippen molar-refractivity contribution in [1.82, 2.24) is 4.90 Å². The molecule has 1 saturated carbocycles. The summed E-state index contributed by atoms with van der Waals surface area (Å²) in [4.78, 5) is 2.57. The van der Waals surface area contributed by atoms with E-state index in [2.05, 4.69) is 32.3 Å². The van der Waals surface area contributed by atoms with Crippen molar-refractivity contribution in [2.45, 2.75) is 25.4 Å². The van der Waals surface area contributed by atoms with Crippen LogP contribution in [0.1, 0.15) is 18.4 Å². The minimum absolute atomic E-state index is 0. The maximum atomic E-state index is 6.15. The third kappa shape index (κ3) is 2.87. The lowest BCUT2D eigenvalue weighted by Gasteiger charge is -2.17. The van der Waals surface area contributed by atoms with E-state index in [1.807, 2.05) is 0 Å². The molecule has 17 heavy (non-hydrogen) atoms. The summed E-state index contributed by atoms with van der Waals surface area (Å²) in [7, 11) is 0. The van der Waals surface area contributed by atoms with E-state index in [0.717, 1.165) is 18.4 Å². The largest absolute Gasteiger partial charge is 0.327 e. The Morgan fingerprint density at radius 2 is 2.24 bits per heavy atom. The first kappa shape index (κ1) is 13.8. The van der Waals surface area contributed by atoms with Gasteiger partial charge >= 0.3 is 0 Å². The van der Waals surface area contributed by atoms with Crippen LogP contribution in [0.25, 0.3) is 0 Å². The summed E-state index contributed by atoms with van der Waals surface area (Å²) in [6, 6.07) is 2.70. The standard InChI is InChI=1S/C12H17BrN2S.ClH/c13-12-3-8(7-16-12)4-15-5-9-1-2-11(14)10(9)6-15;/h3,7,9-11H,1-2,4-6,14H2;1H. The van der Waals surface area contributed by atoms with Crippen LogP contribution in [-0.2, 0) is 6.54 Å². The van der Waals surface area contributed by atoms with Gasteiger partial charge in [-0.2, -0.15) is 0 Å². The van der Waals surface area contributed by atoms with E-state index in [4.69, 9.17) is 5.73 Å². The molecule has 2 aliphatic rings. The van der Waals surface area contributed by atoms with Gasteiger partial charge < -0.3 is 5.73 Å². The van der Waals surface area contributed by atoms with Gasteiger partial charge in [-0.1, -0.05) is 0 Å². The van der Waals surface area contributed by atoms with E-state index in [9.17, 15) is 0 Å². The molecule has 3 unspecified atom stereocenters. The molecule has 3 rings (SSSR count). The van der Waals surface area contributed by atoms with Gasteiger partial charge in [-0.05, 0) is 57.6 Å². The third-order valence-corrected chi connectivity index (χ3v) is 5.57. The molecule has 2 heterocycles. The van der Waals surface area contributed by atoms with Crippen LogP contribution in [0, 0.1) is 11.8 Å². The highest BCUT2D eigenvalue weighted by molar-refractivity contribution is 9.11. The molecule has 2 N–H and O–H groups in total. The molecule has 1 aromatic rings. The van der Waals surface area contributed by atoms with Gasteiger partial charge in [0.15, 0.2) is 0 Å². The number of nitrogens with two attached hydrogens (primary N) is 1. The Bertz CT molecular complexity index is 384. The van der Waals surface area contributed by atoms with Crippen LogP contribution in [0.3, 0.4) is 0 Å². The van der Waals surface area contributed by atoms with Crippen molar-refractivity contribution in [1.29, 1.82) is 0 Å². The zero-order valence-electron chi connectivity index (χ0n) is 9.64. The number of hydrogen-bond acceptors (Lipinski definition) is 3. The van der Waals surface area contributed by atoms with Crippen LogP contribution in [0.4, 0.5) is 0 Å². The van der Waals surface area contributed by atoms with Gasteiger partial charge in [0.05, 0.1) is 3.79 Å². The second-order valence-corrected chi connectivity index (χ2v) is 7.41. The van der Waals surface area contributed by atoms with E-state index in [-0.39, 0.29) is 12.4 Å². The number of halogens is 2. The molecule has 0 radical (unpaired) electrons. The molecule has 0 spiro atoms. The van der Waals surface area contributed by atoms with Crippen LogP contribution in [0.5, 0.6) is 0 Å². The summed E-state index contributed by atoms with van der Waals surface area (Å²) in [6.07, 6.45) is 2.59. The van der Waals surface area contributed by atoms with E-state index in [0.29, 0.717) is 6.04 Å². The van der Waals surface area contributed by atoms with Crippen LogP contribution >= 0.6 is 39.7 Å². The SMILES string of the molecule is Cl.NC1CCC2CN(Cc3csc(Br)c3)CC12. The van der Waals surface area contributed by atoms with E-state index in [1.165, 1.54) is 35.3 Å². The lowest BCUT2D eigenvalue weighted by molar-refractivity contribution is 0.298. The Morgan fingerprint density at radius 3 is 2.88 bits per heavy atom. The second-order valence-electron chi connectivity index (χ2n) is 5.12. The normalized spacial score (nSPS) is 32.5. The predicted octanol–water partition coefficient (Wildman–Crippen LogP) is 3.10. The van der Waals surface area contributed by atoms with Crippen LogP contribution in [-0.4, -0.2) is 24.0 Å². The van der Waals surface area contributed by atoms with Gasteiger partial charge in [0, 0.05) is 25.7 Å². The highest BCUT2D eigenvalue weighted by Gasteiger charge is 2.40. The molecule has 96 valence electrons. The minimum Gasteiger partial charge on any atom is -0.327 e. The zero-order valence-corrected chi connectivity index (χ0v) is 12.9. The first-order chi connectivity index (χ1) is 7.72. The lowest BCUT2D eigenvalue weighted by atomic mass is 9.98. The minimum atomic E-state index is 0. The summed E-state index contributed by atoms with van der Waals surface area (Å²) >= 11 is 5.29. The molecular weight excluding hydrogens is 320 g/mol. The Morgan fingerprint density at radius 1 is 1.41 bits per heavy atom. The molecule has 1 aromatic heterocycles. The summed E-state index contributed by atoms with van der Waals surface area (Å²) in [5.41, 5.74) is 7.58. The average molecular weight is 338 g/mol. The van der Waals surface area contributed by atoms with Crippen molar-refractivity contribution in [2.24, 2.45) is 17.6 Å². The highest BCUT2D eigenvalue weighted by atomic mass is 79.9. The molecule has 0 aromatic carbocycles. The molecule has 0 amide bonds. The number of nitrogens with zero attached hydrogens (tertiary/aromatic N) is 1. The Labute approximate surface area is 121 Å². The van der Waals surface area contributed by atoms with E-state index in [1.54, 1.807) is 11.3 Å². The van der Waals surface area contributed by atoms with Gasteiger partial charge in [-0.25, -0.2) is 0 Å². The van der Waals surface area contributed by atoms with Crippen LogP contribution in [0.15, 0.2) is 15.2 Å². The Balaban J connectivity index is 0.00000108. The average Bonchev–Trinajstić information content (AvgIpc) is 2.88. The fourth-order valence-electron chi connectivity index (χ4n) is 3.22. The second kappa shape index (κ2) is 5.57. The number of fused-ring (bicyclic) bond motifs is 1. The lowest BCUT2D eigenvalue weighted by Crippen LogP contribution is -2.30. The topological polar surface area (TPSA) is 29.3 Å². The molecule has 2 nitrogen and oxygen atoms in total. The van der Waals surface area contributed by atoms with Gasteiger partial charge in [-0.15, -0.1) is 23.7 Å². The summed E-state index contributed by atoms with van der Waals surface area (Å²) in [6.45, 7) is 3.56. The first-order valence-corrected chi connectivity index (χ1v) is 7.60. The van der Waals surface area contributed by atoms with Crippen molar-refractivity contribution >= 4 is 39.7 Å². The van der Waals surface area contributed by atoms with E-state index < -0.39 is 0 Å². The van der Waals surface area contributed by atoms with Gasteiger partial charge in [0.1, 0.15) is 0 Å². The van der Waals surface area contributed by atoms with E-state index >= 15 is 0 Å². The number of rotatable bonds is 2. The third-order valence-electron chi connectivity index (χ3n) is 4.02. The predicted molar refractivity (Wildman–Crippen MR) is 78.7 cm³/mol. The quantitative estimate of drug-likeness (QED) is 0.898. The monoisotopic (exact) mass is 336 g/mol. The fourth-order valence-corrected chi connectivity index (χ4v) is 4.42. The molecule has 1 aliphatic carbocycles. The fraction of sp³-hybridized carbons (Fsp3) is 0.667. The van der Waals surface area contributed by atoms with Gasteiger partial charge in [0.2, 0.25) is 0 Å². The number of thiophene rings is 1. The molecule has 3 atom stereocenters. The maximum Gasteiger partial charge on any atom is 0.0701 e. The molecule has 1 aliphatic heterocycles. The van der Waals surface area contributed by atoms with Crippen molar-refractivity contribution < 1.29 is 0 Å². The molecule has 5 heteroatoms. The highest BCUT2D eigenvalue weighted by Crippen LogP contribution is 2.37. The first-order valence-electron chi connectivity index (χ1n) is 5.93. The van der Waals surface area contributed by atoms with Crippen molar-refractivity contribution in [3.05, 3.63) is 20.8 Å². The van der Waals surface area contributed by atoms with Crippen molar-refractivity contribution in [3.8, 4) is 0 Å². The smallest absolute Gasteiger partial charge is 0.0701 e. The van der Waals surface area contributed by atoms with Crippen LogP contribution in [0.2, 0.25) is 0 Å². The van der Waals surface area contributed by atoms with Crippen molar-refractivity contribution in [3.63, 3.8) is 0 Å². The molecule has 2 fully saturated rings. The summed E-state index contributed by atoms with van der Waals surface area (Å²) < 4.78 is 1.23. The molecular formula is C12H18BrClN2S. The number of likely N-dealkylation sites (tertiary alicyclic amines) is 1. The van der Waals surface area contributed by atoms with Crippen LogP contribution < -0.4 is 5.73 Å². The molecule has 1 saturated heterocycles. The Hall–Kier alpha value is 0.390. The van der Waals surface area contributed by atoms with Gasteiger partial charge in [-0.3, -0.25) is 4.90 Å². The maximum absolute atomic E-state index is 6.15. The Kier molecular flexibility index (Phi) is 4.53. The van der Waals surface area contributed by atoms with Gasteiger partial charge in [0.25, 0.3) is 0 Å². The zero-order chi connectivity index (χ0) is 11.1. The molecule has 0 bridgehead atoms. The summed E-state index contributed by atoms with van der Waals surface area (Å²) in [5.74, 6) is 1.64. The summed E-state index contributed by atoms with van der Waals surface area (Å²) in [5, 5.41) is 2.25.